The molecule has 0 spiro atoms. The van der Waals surface area contributed by atoms with Gasteiger partial charge in [-0.2, -0.15) is 0 Å². The number of hydrogen-bond donors (Lipinski definition) is 3. The minimum absolute atomic E-state index is 0.238. The Morgan fingerprint density at radius 3 is 2.32 bits per heavy atom. The van der Waals surface area contributed by atoms with Gasteiger partial charge in [0, 0.05) is 5.56 Å². The van der Waals surface area contributed by atoms with Crippen molar-refractivity contribution >= 4 is 8.60 Å². The summed E-state index contributed by atoms with van der Waals surface area (Å²) in [4.78, 5) is 17.9. The normalized spacial score (nSPS) is 11.9. The molecule has 0 radical (unpaired) electrons. The Kier molecular flexibility index (Phi) is 5.60. The summed E-state index contributed by atoms with van der Waals surface area (Å²) in [6.45, 7) is 8.07. The highest BCUT2D eigenvalue weighted by Gasteiger charge is 2.22. The number of rotatable bonds is 5. The van der Waals surface area contributed by atoms with Crippen molar-refractivity contribution in [3.63, 3.8) is 0 Å². The minimum Gasteiger partial charge on any atom is -0.507 e. The van der Waals surface area contributed by atoms with Gasteiger partial charge in [0.15, 0.2) is 0 Å². The maximum Gasteiger partial charge on any atom is 0.391 e. The van der Waals surface area contributed by atoms with E-state index in [0.717, 1.165) is 30.4 Å². The number of aromatic hydroxyl groups is 1. The zero-order chi connectivity index (χ0) is 14.6. The van der Waals surface area contributed by atoms with Crippen molar-refractivity contribution in [1.82, 2.24) is 0 Å². The molecule has 0 amide bonds. The Morgan fingerprint density at radius 1 is 1.21 bits per heavy atom. The lowest BCUT2D eigenvalue weighted by Crippen LogP contribution is -2.12. The van der Waals surface area contributed by atoms with Crippen molar-refractivity contribution in [2.75, 3.05) is 0 Å². The Hall–Kier alpha value is -0.830. The van der Waals surface area contributed by atoms with Crippen LogP contribution >= 0.6 is 8.60 Å². The predicted molar refractivity (Wildman–Crippen MR) is 77.4 cm³/mol. The molecule has 0 saturated carbocycles. The maximum absolute atomic E-state index is 10.3. The standard InChI is InChI=1S/C14H23O4P/c1-5-6-7-10-8-11(18-19(16)17)9-12(13(10)15)14(2,3)4/h8-9,15-17H,5-7H2,1-4H3. The van der Waals surface area contributed by atoms with E-state index in [1.807, 2.05) is 20.8 Å². The molecule has 5 heteroatoms. The van der Waals surface area contributed by atoms with Crippen LogP contribution < -0.4 is 4.52 Å². The van der Waals surface area contributed by atoms with E-state index < -0.39 is 8.60 Å². The Bertz CT molecular complexity index is 424. The number of unbranched alkanes of at least 4 members (excludes halogenated alkanes) is 1. The monoisotopic (exact) mass is 286 g/mol. The van der Waals surface area contributed by atoms with Crippen molar-refractivity contribution in [3.8, 4) is 11.5 Å². The van der Waals surface area contributed by atoms with Gasteiger partial charge < -0.3 is 19.4 Å². The molecule has 1 aromatic carbocycles. The average molecular weight is 286 g/mol. The van der Waals surface area contributed by atoms with Crippen molar-refractivity contribution in [2.24, 2.45) is 0 Å². The van der Waals surface area contributed by atoms with Gasteiger partial charge in [-0.25, -0.2) is 0 Å². The molecule has 0 aliphatic heterocycles. The van der Waals surface area contributed by atoms with Gasteiger partial charge >= 0.3 is 8.60 Å². The molecule has 0 aromatic heterocycles. The third-order valence-electron chi connectivity index (χ3n) is 2.96. The van der Waals surface area contributed by atoms with Crippen LogP contribution in [0.25, 0.3) is 0 Å². The summed E-state index contributed by atoms with van der Waals surface area (Å²) in [5.41, 5.74) is 1.31. The van der Waals surface area contributed by atoms with E-state index >= 15 is 0 Å². The summed E-state index contributed by atoms with van der Waals surface area (Å²) in [7, 11) is -2.44. The van der Waals surface area contributed by atoms with E-state index in [1.54, 1.807) is 12.1 Å². The van der Waals surface area contributed by atoms with Crippen molar-refractivity contribution in [1.29, 1.82) is 0 Å². The Balaban J connectivity index is 3.22. The highest BCUT2D eigenvalue weighted by atomic mass is 31.2. The van der Waals surface area contributed by atoms with Crippen LogP contribution in [0.1, 0.15) is 51.7 Å². The second kappa shape index (κ2) is 6.56. The van der Waals surface area contributed by atoms with Gasteiger partial charge in [-0.1, -0.05) is 34.1 Å². The number of hydrogen-bond acceptors (Lipinski definition) is 4. The highest BCUT2D eigenvalue weighted by Crippen LogP contribution is 2.40. The molecule has 0 unspecified atom stereocenters. The number of benzene rings is 1. The summed E-state index contributed by atoms with van der Waals surface area (Å²) in [6, 6.07) is 3.36. The zero-order valence-electron chi connectivity index (χ0n) is 12.0. The molecule has 108 valence electrons. The molecule has 0 aliphatic carbocycles. The van der Waals surface area contributed by atoms with E-state index in [0.29, 0.717) is 5.75 Å². The first-order valence-corrected chi connectivity index (χ1v) is 7.64. The molecule has 19 heavy (non-hydrogen) atoms. The first kappa shape index (κ1) is 16.2. The smallest absolute Gasteiger partial charge is 0.391 e. The summed E-state index contributed by atoms with van der Waals surface area (Å²) in [6.07, 6.45) is 2.74. The average Bonchev–Trinajstić information content (AvgIpc) is 2.27. The molecule has 0 atom stereocenters. The summed E-state index contributed by atoms with van der Waals surface area (Å²) in [5.74, 6) is 0.679. The molecule has 0 aliphatic rings. The molecule has 0 heterocycles. The SMILES string of the molecule is CCCCc1cc(OP(O)O)cc(C(C)(C)C)c1O. The lowest BCUT2D eigenvalue weighted by molar-refractivity contribution is 0.372. The minimum atomic E-state index is -2.44. The van der Waals surface area contributed by atoms with Crippen LogP contribution in [0.4, 0.5) is 0 Å². The predicted octanol–water partition coefficient (Wildman–Crippen LogP) is 3.62. The second-order valence-corrected chi connectivity index (χ2v) is 6.36. The van der Waals surface area contributed by atoms with E-state index in [2.05, 4.69) is 6.92 Å². The fourth-order valence-corrected chi connectivity index (χ4v) is 2.24. The van der Waals surface area contributed by atoms with Crippen molar-refractivity contribution in [2.45, 2.75) is 52.4 Å². The van der Waals surface area contributed by atoms with Crippen LogP contribution in [0.5, 0.6) is 11.5 Å². The van der Waals surface area contributed by atoms with E-state index in [4.69, 9.17) is 14.3 Å². The fourth-order valence-electron chi connectivity index (χ4n) is 1.94. The van der Waals surface area contributed by atoms with E-state index in [1.165, 1.54) is 0 Å². The summed E-state index contributed by atoms with van der Waals surface area (Å²) >= 11 is 0. The third kappa shape index (κ3) is 4.64. The van der Waals surface area contributed by atoms with Crippen LogP contribution in [0.15, 0.2) is 12.1 Å². The zero-order valence-corrected chi connectivity index (χ0v) is 12.9. The highest BCUT2D eigenvalue weighted by molar-refractivity contribution is 7.39. The quantitative estimate of drug-likeness (QED) is 0.723. The molecule has 3 N–H and O–H groups in total. The lowest BCUT2D eigenvalue weighted by Gasteiger charge is -2.23. The maximum atomic E-state index is 10.3. The van der Waals surface area contributed by atoms with Crippen molar-refractivity contribution < 1.29 is 19.4 Å². The van der Waals surface area contributed by atoms with E-state index in [9.17, 15) is 5.11 Å². The van der Waals surface area contributed by atoms with Gasteiger partial charge in [0.05, 0.1) is 0 Å². The molecular weight excluding hydrogens is 263 g/mol. The van der Waals surface area contributed by atoms with Crippen LogP contribution in [-0.2, 0) is 11.8 Å². The molecule has 0 fully saturated rings. The third-order valence-corrected chi connectivity index (χ3v) is 3.33. The topological polar surface area (TPSA) is 69.9 Å². The van der Waals surface area contributed by atoms with Gasteiger partial charge in [-0.15, -0.1) is 0 Å². The number of phenolic OH excluding ortho intramolecular Hbond substituents is 1. The van der Waals surface area contributed by atoms with Crippen molar-refractivity contribution in [3.05, 3.63) is 23.3 Å². The summed E-state index contributed by atoms with van der Waals surface area (Å²) < 4.78 is 4.99. The Morgan fingerprint density at radius 2 is 1.84 bits per heavy atom. The van der Waals surface area contributed by atoms with Gasteiger partial charge in [0.25, 0.3) is 0 Å². The number of aryl methyl sites for hydroxylation is 1. The van der Waals surface area contributed by atoms with Crippen LogP contribution in [0.3, 0.4) is 0 Å². The van der Waals surface area contributed by atoms with Crippen LogP contribution in [0.2, 0.25) is 0 Å². The van der Waals surface area contributed by atoms with Gasteiger partial charge in [-0.3, -0.25) is 0 Å². The van der Waals surface area contributed by atoms with E-state index in [-0.39, 0.29) is 11.2 Å². The largest absolute Gasteiger partial charge is 0.507 e. The first-order valence-electron chi connectivity index (χ1n) is 6.48. The molecular formula is C14H23O4P. The number of phenols is 1. The molecule has 4 nitrogen and oxygen atoms in total. The van der Waals surface area contributed by atoms with Crippen LogP contribution in [0, 0.1) is 0 Å². The fraction of sp³-hybridized carbons (Fsp3) is 0.571. The molecule has 0 bridgehead atoms. The van der Waals surface area contributed by atoms with Gasteiger partial charge in [0.2, 0.25) is 0 Å². The molecule has 0 saturated heterocycles. The molecule has 1 rings (SSSR count). The second-order valence-electron chi connectivity index (χ2n) is 5.68. The summed E-state index contributed by atoms with van der Waals surface area (Å²) in [5, 5.41) is 10.3. The first-order chi connectivity index (χ1) is 8.75. The van der Waals surface area contributed by atoms with Gasteiger partial charge in [0.1, 0.15) is 11.5 Å². The lowest BCUT2D eigenvalue weighted by atomic mass is 9.84. The Labute approximate surface area is 116 Å². The molecule has 1 aromatic rings. The van der Waals surface area contributed by atoms with Gasteiger partial charge in [-0.05, 0) is 36.0 Å². The van der Waals surface area contributed by atoms with Crippen LogP contribution in [-0.4, -0.2) is 14.9 Å².